The average Bonchev–Trinajstić information content (AvgIpc) is 2.71. The monoisotopic (exact) mass is 228 g/mol. The van der Waals surface area contributed by atoms with Crippen LogP contribution in [0.4, 0.5) is 0 Å². The summed E-state index contributed by atoms with van der Waals surface area (Å²) in [6.07, 6.45) is 4.49. The van der Waals surface area contributed by atoms with Gasteiger partial charge in [-0.25, -0.2) is 0 Å². The van der Waals surface area contributed by atoms with Crippen LogP contribution in [0, 0.1) is 0 Å². The van der Waals surface area contributed by atoms with E-state index in [9.17, 15) is 5.11 Å². The van der Waals surface area contributed by atoms with E-state index in [2.05, 4.69) is 20.8 Å². The number of rotatable bonds is 4. The molecule has 1 rings (SSSR count). The Morgan fingerprint density at radius 3 is 2.13 bits per heavy atom. The van der Waals surface area contributed by atoms with Crippen LogP contribution in [0.25, 0.3) is 0 Å². The molecule has 0 radical (unpaired) electrons. The van der Waals surface area contributed by atoms with Crippen LogP contribution in [-0.2, 0) is 5.60 Å². The first-order valence-corrected chi connectivity index (χ1v) is 6.77. The van der Waals surface area contributed by atoms with E-state index in [0.717, 1.165) is 18.4 Å². The van der Waals surface area contributed by atoms with Gasteiger partial charge in [0, 0.05) is 0 Å². The second-order valence-electron chi connectivity index (χ2n) is 4.04. The number of unbranched alkanes of at least 4 members (excludes halogenated alkanes) is 1. The van der Waals surface area contributed by atoms with Crippen LogP contribution >= 0.6 is 11.3 Å². The van der Waals surface area contributed by atoms with Gasteiger partial charge in [-0.3, -0.25) is 0 Å². The van der Waals surface area contributed by atoms with Crippen molar-refractivity contribution in [2.75, 3.05) is 0 Å². The Bertz CT molecular complexity index is 225. The number of aliphatic hydroxyl groups is 1. The molecule has 0 amide bonds. The van der Waals surface area contributed by atoms with Crippen molar-refractivity contribution in [3.05, 3.63) is 22.4 Å². The molecule has 88 valence electrons. The zero-order valence-corrected chi connectivity index (χ0v) is 11.2. The minimum absolute atomic E-state index is 0.616. The van der Waals surface area contributed by atoms with E-state index in [1.54, 1.807) is 11.3 Å². The number of hydrogen-bond acceptors (Lipinski definition) is 2. The van der Waals surface area contributed by atoms with Crippen LogP contribution in [0.2, 0.25) is 0 Å². The largest absolute Gasteiger partial charge is 0.385 e. The van der Waals surface area contributed by atoms with Gasteiger partial charge in [-0.15, -0.1) is 0 Å². The Labute approximate surface area is 98.2 Å². The molecular weight excluding hydrogens is 204 g/mol. The summed E-state index contributed by atoms with van der Waals surface area (Å²) >= 11 is 1.63. The molecule has 2 heteroatoms. The summed E-state index contributed by atoms with van der Waals surface area (Å²) in [5.74, 6) is 0. The SMILES string of the molecule is CCCC.CCCC(C)(O)c1ccsc1. The molecule has 0 fully saturated rings. The Hall–Kier alpha value is -0.340. The molecule has 1 heterocycles. The predicted octanol–water partition coefficient (Wildman–Crippen LogP) is 4.56. The minimum Gasteiger partial charge on any atom is -0.385 e. The van der Waals surface area contributed by atoms with Crippen molar-refractivity contribution < 1.29 is 5.11 Å². The zero-order valence-electron chi connectivity index (χ0n) is 10.4. The number of thiophene rings is 1. The van der Waals surface area contributed by atoms with E-state index in [0.29, 0.717) is 0 Å². The van der Waals surface area contributed by atoms with Crippen molar-refractivity contribution in [2.24, 2.45) is 0 Å². The van der Waals surface area contributed by atoms with Crippen molar-refractivity contribution in [2.45, 2.75) is 59.0 Å². The lowest BCUT2D eigenvalue weighted by Gasteiger charge is -2.21. The predicted molar refractivity (Wildman–Crippen MR) is 69.4 cm³/mol. The van der Waals surface area contributed by atoms with E-state index < -0.39 is 5.60 Å². The van der Waals surface area contributed by atoms with E-state index in [1.165, 1.54) is 12.8 Å². The standard InChI is InChI=1S/C9H14OS.C4H10/c1-3-5-9(2,10)8-4-6-11-7-8;1-3-4-2/h4,6-7,10H,3,5H2,1-2H3;3-4H2,1-2H3. The molecule has 0 aliphatic heterocycles. The summed E-state index contributed by atoms with van der Waals surface area (Å²) in [6, 6.07) is 1.99. The lowest BCUT2D eigenvalue weighted by Crippen LogP contribution is -2.19. The molecule has 0 spiro atoms. The first-order valence-electron chi connectivity index (χ1n) is 5.83. The molecule has 0 aromatic carbocycles. The van der Waals surface area contributed by atoms with Crippen LogP contribution < -0.4 is 0 Å². The lowest BCUT2D eigenvalue weighted by molar-refractivity contribution is 0.0474. The normalized spacial score (nSPS) is 13.9. The summed E-state index contributed by atoms with van der Waals surface area (Å²) in [6.45, 7) is 8.32. The molecule has 15 heavy (non-hydrogen) atoms. The Balaban J connectivity index is 0.000000423. The fraction of sp³-hybridized carbons (Fsp3) is 0.692. The maximum absolute atomic E-state index is 9.88. The quantitative estimate of drug-likeness (QED) is 0.801. The lowest BCUT2D eigenvalue weighted by atomic mass is 9.94. The molecule has 1 nitrogen and oxygen atoms in total. The third-order valence-electron chi connectivity index (χ3n) is 2.38. The van der Waals surface area contributed by atoms with E-state index in [4.69, 9.17) is 0 Å². The van der Waals surface area contributed by atoms with Crippen LogP contribution in [0.15, 0.2) is 16.8 Å². The summed E-state index contributed by atoms with van der Waals surface area (Å²) in [4.78, 5) is 0. The van der Waals surface area contributed by atoms with Crippen molar-refractivity contribution in [3.63, 3.8) is 0 Å². The highest BCUT2D eigenvalue weighted by atomic mass is 32.1. The van der Waals surface area contributed by atoms with Gasteiger partial charge in [0.25, 0.3) is 0 Å². The van der Waals surface area contributed by atoms with Gasteiger partial charge in [-0.1, -0.05) is 40.0 Å². The fourth-order valence-electron chi connectivity index (χ4n) is 1.20. The van der Waals surface area contributed by atoms with Crippen LogP contribution in [-0.4, -0.2) is 5.11 Å². The number of hydrogen-bond donors (Lipinski definition) is 1. The summed E-state index contributed by atoms with van der Waals surface area (Å²) in [5, 5.41) is 13.9. The fourth-order valence-corrected chi connectivity index (χ4v) is 1.98. The molecule has 1 aromatic heterocycles. The third-order valence-corrected chi connectivity index (χ3v) is 3.06. The van der Waals surface area contributed by atoms with Gasteiger partial charge in [0.15, 0.2) is 0 Å². The van der Waals surface area contributed by atoms with Crippen LogP contribution in [0.5, 0.6) is 0 Å². The van der Waals surface area contributed by atoms with Gasteiger partial charge >= 0.3 is 0 Å². The zero-order chi connectivity index (χ0) is 11.7. The Morgan fingerprint density at radius 2 is 1.80 bits per heavy atom. The molecule has 0 aliphatic carbocycles. The van der Waals surface area contributed by atoms with Gasteiger partial charge in [0.2, 0.25) is 0 Å². The topological polar surface area (TPSA) is 20.2 Å². The minimum atomic E-state index is -0.616. The maximum Gasteiger partial charge on any atom is 0.0876 e. The molecule has 1 atom stereocenters. The van der Waals surface area contributed by atoms with Gasteiger partial charge in [-0.05, 0) is 35.7 Å². The second kappa shape index (κ2) is 7.89. The van der Waals surface area contributed by atoms with Crippen molar-refractivity contribution in [1.82, 2.24) is 0 Å². The van der Waals surface area contributed by atoms with E-state index >= 15 is 0 Å². The summed E-state index contributed by atoms with van der Waals surface area (Å²) < 4.78 is 0. The average molecular weight is 228 g/mol. The van der Waals surface area contributed by atoms with Gasteiger partial charge in [-0.2, -0.15) is 11.3 Å². The van der Waals surface area contributed by atoms with E-state index in [1.807, 2.05) is 23.8 Å². The molecule has 0 aliphatic rings. The first kappa shape index (κ1) is 14.7. The second-order valence-corrected chi connectivity index (χ2v) is 4.82. The van der Waals surface area contributed by atoms with Gasteiger partial charge in [0.05, 0.1) is 5.60 Å². The smallest absolute Gasteiger partial charge is 0.0876 e. The van der Waals surface area contributed by atoms with Crippen molar-refractivity contribution in [1.29, 1.82) is 0 Å². The highest BCUT2D eigenvalue weighted by molar-refractivity contribution is 7.08. The van der Waals surface area contributed by atoms with Crippen LogP contribution in [0.3, 0.4) is 0 Å². The molecule has 1 unspecified atom stereocenters. The first-order chi connectivity index (χ1) is 7.08. The van der Waals surface area contributed by atoms with Gasteiger partial charge in [0.1, 0.15) is 0 Å². The third kappa shape index (κ3) is 5.95. The molecule has 1 aromatic rings. The van der Waals surface area contributed by atoms with Crippen molar-refractivity contribution >= 4 is 11.3 Å². The Morgan fingerprint density at radius 1 is 1.20 bits per heavy atom. The van der Waals surface area contributed by atoms with Crippen LogP contribution in [0.1, 0.15) is 58.9 Å². The summed E-state index contributed by atoms with van der Waals surface area (Å²) in [7, 11) is 0. The molecule has 0 bridgehead atoms. The molecular formula is C13H24OS. The highest BCUT2D eigenvalue weighted by Gasteiger charge is 2.21. The molecule has 1 N–H and O–H groups in total. The molecule has 0 saturated carbocycles. The van der Waals surface area contributed by atoms with Gasteiger partial charge < -0.3 is 5.11 Å². The highest BCUT2D eigenvalue weighted by Crippen LogP contribution is 2.27. The Kier molecular flexibility index (Phi) is 7.71. The van der Waals surface area contributed by atoms with Crippen molar-refractivity contribution in [3.8, 4) is 0 Å². The van der Waals surface area contributed by atoms with E-state index in [-0.39, 0.29) is 0 Å². The molecule has 0 saturated heterocycles. The maximum atomic E-state index is 9.88. The summed E-state index contributed by atoms with van der Waals surface area (Å²) in [5.41, 5.74) is 0.429.